The van der Waals surface area contributed by atoms with E-state index in [2.05, 4.69) is 24.2 Å². The SMILES string of the molecule is C#CCC(CC1=CCCCC1)NCCC. The van der Waals surface area contributed by atoms with E-state index in [-0.39, 0.29) is 0 Å². The van der Waals surface area contributed by atoms with Gasteiger partial charge in [0.25, 0.3) is 0 Å². The number of nitrogens with one attached hydrogen (secondary N) is 1. The van der Waals surface area contributed by atoms with Crippen molar-refractivity contribution in [2.24, 2.45) is 0 Å². The molecule has 0 amide bonds. The molecule has 1 unspecified atom stereocenters. The monoisotopic (exact) mass is 205 g/mol. The van der Waals surface area contributed by atoms with Gasteiger partial charge in [0.05, 0.1) is 0 Å². The van der Waals surface area contributed by atoms with Gasteiger partial charge < -0.3 is 5.32 Å². The molecule has 0 fully saturated rings. The topological polar surface area (TPSA) is 12.0 Å². The fourth-order valence-corrected chi connectivity index (χ4v) is 2.11. The van der Waals surface area contributed by atoms with E-state index in [1.807, 2.05) is 0 Å². The van der Waals surface area contributed by atoms with E-state index in [1.165, 1.54) is 32.1 Å². The molecule has 0 heterocycles. The van der Waals surface area contributed by atoms with Gasteiger partial charge in [-0.15, -0.1) is 12.3 Å². The smallest absolute Gasteiger partial charge is 0.0243 e. The minimum Gasteiger partial charge on any atom is -0.313 e. The van der Waals surface area contributed by atoms with Crippen molar-refractivity contribution in [2.45, 2.75) is 57.9 Å². The van der Waals surface area contributed by atoms with Gasteiger partial charge in [-0.1, -0.05) is 18.6 Å². The van der Waals surface area contributed by atoms with Crippen LogP contribution in [0.5, 0.6) is 0 Å². The highest BCUT2D eigenvalue weighted by Gasteiger charge is 2.10. The Morgan fingerprint density at radius 1 is 1.53 bits per heavy atom. The van der Waals surface area contributed by atoms with Crippen LogP contribution in [0.25, 0.3) is 0 Å². The zero-order valence-corrected chi connectivity index (χ0v) is 9.89. The molecule has 0 spiro atoms. The fourth-order valence-electron chi connectivity index (χ4n) is 2.11. The van der Waals surface area contributed by atoms with Crippen LogP contribution in [0.4, 0.5) is 0 Å². The zero-order valence-electron chi connectivity index (χ0n) is 9.89. The molecule has 0 aromatic carbocycles. The summed E-state index contributed by atoms with van der Waals surface area (Å²) in [7, 11) is 0. The lowest BCUT2D eigenvalue weighted by atomic mass is 9.93. The molecule has 1 nitrogen and oxygen atoms in total. The first-order chi connectivity index (χ1) is 7.36. The summed E-state index contributed by atoms with van der Waals surface area (Å²) in [6, 6.07) is 0.499. The maximum Gasteiger partial charge on any atom is 0.0243 e. The lowest BCUT2D eigenvalue weighted by Gasteiger charge is -2.20. The summed E-state index contributed by atoms with van der Waals surface area (Å²) >= 11 is 0. The zero-order chi connectivity index (χ0) is 10.9. The molecule has 1 rings (SSSR count). The van der Waals surface area contributed by atoms with Gasteiger partial charge in [-0.05, 0) is 45.1 Å². The van der Waals surface area contributed by atoms with Crippen molar-refractivity contribution < 1.29 is 0 Å². The second-order valence-electron chi connectivity index (χ2n) is 4.37. The molecular weight excluding hydrogens is 182 g/mol. The van der Waals surface area contributed by atoms with Crippen LogP contribution in [0.2, 0.25) is 0 Å². The van der Waals surface area contributed by atoms with Crippen molar-refractivity contribution >= 4 is 0 Å². The van der Waals surface area contributed by atoms with Crippen LogP contribution in [0.1, 0.15) is 51.9 Å². The van der Waals surface area contributed by atoms with E-state index in [9.17, 15) is 0 Å². The Kier molecular flexibility index (Phi) is 6.20. The molecule has 1 atom stereocenters. The molecule has 0 bridgehead atoms. The third-order valence-corrected chi connectivity index (χ3v) is 2.94. The first kappa shape index (κ1) is 12.3. The van der Waals surface area contributed by atoms with Crippen LogP contribution >= 0.6 is 0 Å². The third kappa shape index (κ3) is 5.04. The van der Waals surface area contributed by atoms with E-state index in [0.29, 0.717) is 6.04 Å². The highest BCUT2D eigenvalue weighted by Crippen LogP contribution is 2.22. The van der Waals surface area contributed by atoms with E-state index in [4.69, 9.17) is 6.42 Å². The quantitative estimate of drug-likeness (QED) is 0.518. The van der Waals surface area contributed by atoms with Gasteiger partial charge in [0.15, 0.2) is 0 Å². The maximum absolute atomic E-state index is 5.40. The van der Waals surface area contributed by atoms with Crippen molar-refractivity contribution in [1.82, 2.24) is 5.32 Å². The number of hydrogen-bond donors (Lipinski definition) is 1. The van der Waals surface area contributed by atoms with Gasteiger partial charge in [-0.25, -0.2) is 0 Å². The first-order valence-electron chi connectivity index (χ1n) is 6.21. The molecule has 0 saturated carbocycles. The molecular formula is C14H23N. The van der Waals surface area contributed by atoms with Crippen LogP contribution in [0, 0.1) is 12.3 Å². The molecule has 0 aromatic heterocycles. The second kappa shape index (κ2) is 7.54. The molecule has 1 aliphatic carbocycles. The van der Waals surface area contributed by atoms with Crippen molar-refractivity contribution in [3.05, 3.63) is 11.6 Å². The molecule has 1 heteroatoms. The van der Waals surface area contributed by atoms with Crippen LogP contribution in [0.3, 0.4) is 0 Å². The molecule has 0 aliphatic heterocycles. The normalized spacial score (nSPS) is 18.0. The molecule has 0 radical (unpaired) electrons. The Hall–Kier alpha value is -0.740. The summed E-state index contributed by atoms with van der Waals surface area (Å²) in [5.74, 6) is 2.78. The predicted molar refractivity (Wildman–Crippen MR) is 66.7 cm³/mol. The van der Waals surface area contributed by atoms with Gasteiger partial charge >= 0.3 is 0 Å². The molecule has 0 aromatic rings. The Bertz CT molecular complexity index is 234. The molecule has 0 saturated heterocycles. The first-order valence-corrected chi connectivity index (χ1v) is 6.21. The van der Waals surface area contributed by atoms with Crippen LogP contribution < -0.4 is 5.32 Å². The van der Waals surface area contributed by atoms with Crippen molar-refractivity contribution in [3.63, 3.8) is 0 Å². The summed E-state index contributed by atoms with van der Waals surface area (Å²) in [5.41, 5.74) is 1.62. The molecule has 1 N–H and O–H groups in total. The van der Waals surface area contributed by atoms with Gasteiger partial charge in [0.2, 0.25) is 0 Å². The van der Waals surface area contributed by atoms with Crippen molar-refractivity contribution in [2.75, 3.05) is 6.54 Å². The highest BCUT2D eigenvalue weighted by molar-refractivity contribution is 5.08. The highest BCUT2D eigenvalue weighted by atomic mass is 14.9. The lowest BCUT2D eigenvalue weighted by Crippen LogP contribution is -2.30. The summed E-state index contributed by atoms with van der Waals surface area (Å²) in [6.45, 7) is 3.28. The van der Waals surface area contributed by atoms with Gasteiger partial charge in [-0.2, -0.15) is 0 Å². The summed E-state index contributed by atoms with van der Waals surface area (Å²) in [5, 5.41) is 3.53. The van der Waals surface area contributed by atoms with Crippen molar-refractivity contribution in [3.8, 4) is 12.3 Å². The van der Waals surface area contributed by atoms with Crippen LogP contribution in [0.15, 0.2) is 11.6 Å². The summed E-state index contributed by atoms with van der Waals surface area (Å²) in [4.78, 5) is 0. The number of hydrogen-bond acceptors (Lipinski definition) is 1. The summed E-state index contributed by atoms with van der Waals surface area (Å²) in [6.07, 6.45) is 16.3. The standard InChI is InChI=1S/C14H23N/c1-3-8-14(15-11-4-2)12-13-9-6-5-7-10-13/h1,9,14-15H,4-8,10-12H2,2H3. The minimum atomic E-state index is 0.499. The second-order valence-corrected chi connectivity index (χ2v) is 4.37. The summed E-state index contributed by atoms with van der Waals surface area (Å²) < 4.78 is 0. The van der Waals surface area contributed by atoms with E-state index < -0.39 is 0 Å². The van der Waals surface area contributed by atoms with Gasteiger partial charge in [-0.3, -0.25) is 0 Å². The van der Waals surface area contributed by atoms with Gasteiger partial charge in [0, 0.05) is 12.5 Å². The Labute approximate surface area is 94.3 Å². The number of allylic oxidation sites excluding steroid dienone is 1. The van der Waals surface area contributed by atoms with E-state index >= 15 is 0 Å². The number of terminal acetylenes is 1. The third-order valence-electron chi connectivity index (χ3n) is 2.94. The van der Waals surface area contributed by atoms with Crippen molar-refractivity contribution in [1.29, 1.82) is 0 Å². The average Bonchev–Trinajstić information content (AvgIpc) is 2.28. The average molecular weight is 205 g/mol. The Morgan fingerprint density at radius 3 is 3.00 bits per heavy atom. The maximum atomic E-state index is 5.40. The number of rotatable bonds is 6. The van der Waals surface area contributed by atoms with Crippen LogP contribution in [-0.2, 0) is 0 Å². The minimum absolute atomic E-state index is 0.499. The molecule has 15 heavy (non-hydrogen) atoms. The van der Waals surface area contributed by atoms with Gasteiger partial charge in [0.1, 0.15) is 0 Å². The van der Waals surface area contributed by atoms with E-state index in [1.54, 1.807) is 5.57 Å². The Morgan fingerprint density at radius 2 is 2.40 bits per heavy atom. The lowest BCUT2D eigenvalue weighted by molar-refractivity contribution is 0.501. The Balaban J connectivity index is 2.35. The fraction of sp³-hybridized carbons (Fsp3) is 0.714. The molecule has 1 aliphatic rings. The largest absolute Gasteiger partial charge is 0.313 e. The predicted octanol–water partition coefficient (Wildman–Crippen LogP) is 3.27. The van der Waals surface area contributed by atoms with E-state index in [0.717, 1.165) is 19.4 Å². The van der Waals surface area contributed by atoms with Crippen LogP contribution in [-0.4, -0.2) is 12.6 Å². The molecule has 84 valence electrons.